The highest BCUT2D eigenvalue weighted by atomic mass is 35.7. The van der Waals surface area contributed by atoms with Gasteiger partial charge in [0.15, 0.2) is 0 Å². The number of hydrogen-bond acceptors (Lipinski definition) is 4. The van der Waals surface area contributed by atoms with Crippen molar-refractivity contribution in [3.63, 3.8) is 0 Å². The number of carbonyl (C=O) groups excluding carboxylic acids is 1. The van der Waals surface area contributed by atoms with E-state index in [9.17, 15) is 13.2 Å². The molecule has 0 aliphatic rings. The summed E-state index contributed by atoms with van der Waals surface area (Å²) in [5, 5.41) is 0. The van der Waals surface area contributed by atoms with Crippen molar-refractivity contribution in [2.75, 3.05) is 20.2 Å². The Morgan fingerprint density at radius 2 is 1.82 bits per heavy atom. The lowest BCUT2D eigenvalue weighted by Gasteiger charge is -2.23. The predicted octanol–water partition coefficient (Wildman–Crippen LogP) is 3.23. The highest BCUT2D eigenvalue weighted by molar-refractivity contribution is 8.13. The summed E-state index contributed by atoms with van der Waals surface area (Å²) in [5.74, 6) is -0.0311. The van der Waals surface area contributed by atoms with Crippen LogP contribution in [-0.4, -0.2) is 39.4 Å². The fourth-order valence-electron chi connectivity index (χ4n) is 2.27. The minimum absolute atomic E-state index is 0.0539. The summed E-state index contributed by atoms with van der Waals surface area (Å²) in [6.07, 6.45) is 0. The first-order chi connectivity index (χ1) is 10.2. The van der Waals surface area contributed by atoms with Crippen LogP contribution >= 0.6 is 10.7 Å². The molecule has 0 bridgehead atoms. The molecule has 5 nitrogen and oxygen atoms in total. The van der Waals surface area contributed by atoms with Gasteiger partial charge in [-0.05, 0) is 31.4 Å². The molecule has 1 amide bonds. The van der Waals surface area contributed by atoms with Crippen molar-refractivity contribution >= 4 is 25.6 Å². The number of amides is 1. The third kappa shape index (κ3) is 3.93. The second-order valence-electron chi connectivity index (χ2n) is 5.16. The van der Waals surface area contributed by atoms with Gasteiger partial charge in [0.2, 0.25) is 0 Å². The maximum Gasteiger partial charge on any atom is 0.262 e. The summed E-state index contributed by atoms with van der Waals surface area (Å²) >= 11 is 0. The molecule has 0 saturated carbocycles. The smallest absolute Gasteiger partial charge is 0.262 e. The highest BCUT2D eigenvalue weighted by Crippen LogP contribution is 2.33. The number of ether oxygens (including phenoxy) is 1. The van der Waals surface area contributed by atoms with Crippen LogP contribution < -0.4 is 4.74 Å². The van der Waals surface area contributed by atoms with E-state index in [2.05, 4.69) is 0 Å². The number of halogens is 1. The number of rotatable bonds is 6. The average Bonchev–Trinajstić information content (AvgIpc) is 2.45. The number of methoxy groups -OCH3 is 1. The molecule has 0 aromatic heterocycles. The molecule has 0 fully saturated rings. The van der Waals surface area contributed by atoms with Gasteiger partial charge in [-0.1, -0.05) is 13.8 Å². The number of hydrogen-bond donors (Lipinski definition) is 0. The summed E-state index contributed by atoms with van der Waals surface area (Å²) in [4.78, 5) is 14.1. The molecule has 0 heterocycles. The van der Waals surface area contributed by atoms with Crippen LogP contribution in [0.4, 0.5) is 0 Å². The maximum absolute atomic E-state index is 12.8. The van der Waals surface area contributed by atoms with Crippen molar-refractivity contribution in [3.05, 3.63) is 23.3 Å². The van der Waals surface area contributed by atoms with E-state index < -0.39 is 9.05 Å². The van der Waals surface area contributed by atoms with Gasteiger partial charge in [0, 0.05) is 29.8 Å². The lowest BCUT2D eigenvalue weighted by Crippen LogP contribution is -2.32. The van der Waals surface area contributed by atoms with Crippen molar-refractivity contribution in [2.45, 2.75) is 38.5 Å². The zero-order valence-electron chi connectivity index (χ0n) is 13.5. The van der Waals surface area contributed by atoms with Crippen molar-refractivity contribution in [3.8, 4) is 5.75 Å². The number of carbonyl (C=O) groups is 1. The van der Waals surface area contributed by atoms with Gasteiger partial charge in [-0.2, -0.15) is 0 Å². The van der Waals surface area contributed by atoms with E-state index in [0.717, 1.165) is 0 Å². The maximum atomic E-state index is 12.8. The van der Waals surface area contributed by atoms with Crippen LogP contribution in [0, 0.1) is 0 Å². The van der Waals surface area contributed by atoms with Crippen LogP contribution in [0.3, 0.4) is 0 Å². The summed E-state index contributed by atoms with van der Waals surface area (Å²) in [6, 6.07) is 2.98. The Bertz CT molecular complexity index is 652. The summed E-state index contributed by atoms with van der Waals surface area (Å²) in [6.45, 7) is 8.43. The molecule has 7 heteroatoms. The van der Waals surface area contributed by atoms with Gasteiger partial charge < -0.3 is 9.64 Å². The lowest BCUT2D eigenvalue weighted by molar-refractivity contribution is 0.0767. The number of nitrogens with zero attached hydrogens (tertiary/aromatic N) is 1. The molecule has 22 heavy (non-hydrogen) atoms. The molecular formula is C15H22ClNO4S. The van der Waals surface area contributed by atoms with E-state index in [-0.39, 0.29) is 22.3 Å². The van der Waals surface area contributed by atoms with Gasteiger partial charge in [0.1, 0.15) is 5.75 Å². The van der Waals surface area contributed by atoms with Gasteiger partial charge in [-0.25, -0.2) is 8.42 Å². The minimum atomic E-state index is -4.07. The molecule has 0 aliphatic heterocycles. The van der Waals surface area contributed by atoms with E-state index in [1.807, 2.05) is 27.7 Å². The Morgan fingerprint density at radius 1 is 1.27 bits per heavy atom. The van der Waals surface area contributed by atoms with E-state index in [1.165, 1.54) is 13.2 Å². The molecule has 0 saturated heterocycles. The van der Waals surface area contributed by atoms with Crippen LogP contribution in [0.5, 0.6) is 5.75 Å². The molecule has 1 rings (SSSR count). The van der Waals surface area contributed by atoms with Gasteiger partial charge in [0.05, 0.1) is 17.6 Å². The molecular weight excluding hydrogens is 328 g/mol. The second-order valence-corrected chi connectivity index (χ2v) is 7.69. The second kappa shape index (κ2) is 7.33. The fourth-order valence-corrected chi connectivity index (χ4v) is 3.35. The van der Waals surface area contributed by atoms with E-state index in [4.69, 9.17) is 15.4 Å². The summed E-state index contributed by atoms with van der Waals surface area (Å²) in [7, 11) is 2.92. The molecule has 0 aliphatic carbocycles. The van der Waals surface area contributed by atoms with Crippen LogP contribution in [0.25, 0.3) is 0 Å². The van der Waals surface area contributed by atoms with Crippen LogP contribution in [0.1, 0.15) is 49.5 Å². The first kappa shape index (κ1) is 18.8. The van der Waals surface area contributed by atoms with E-state index in [1.54, 1.807) is 11.0 Å². The molecule has 1 aromatic carbocycles. The Kier molecular flexibility index (Phi) is 6.26. The fraction of sp³-hybridized carbons (Fsp3) is 0.533. The van der Waals surface area contributed by atoms with Crippen LogP contribution in [-0.2, 0) is 9.05 Å². The van der Waals surface area contributed by atoms with Crippen molar-refractivity contribution in [2.24, 2.45) is 0 Å². The molecule has 0 N–H and O–H groups in total. The Morgan fingerprint density at radius 3 is 2.18 bits per heavy atom. The minimum Gasteiger partial charge on any atom is -0.497 e. The first-order valence-corrected chi connectivity index (χ1v) is 9.44. The van der Waals surface area contributed by atoms with Crippen LogP contribution in [0.15, 0.2) is 17.0 Å². The Labute approximate surface area is 136 Å². The predicted molar refractivity (Wildman–Crippen MR) is 87.4 cm³/mol. The zero-order chi connectivity index (χ0) is 17.1. The zero-order valence-corrected chi connectivity index (χ0v) is 15.1. The third-order valence-electron chi connectivity index (χ3n) is 3.49. The van der Waals surface area contributed by atoms with Crippen molar-refractivity contribution in [1.29, 1.82) is 0 Å². The molecule has 1 aromatic rings. The highest BCUT2D eigenvalue weighted by Gasteiger charge is 2.28. The van der Waals surface area contributed by atoms with Crippen LogP contribution in [0.2, 0.25) is 0 Å². The molecule has 0 atom stereocenters. The van der Waals surface area contributed by atoms with Gasteiger partial charge >= 0.3 is 0 Å². The molecule has 0 spiro atoms. The molecule has 0 unspecified atom stereocenters. The van der Waals surface area contributed by atoms with Gasteiger partial charge in [-0.3, -0.25) is 4.79 Å². The van der Waals surface area contributed by atoms with Gasteiger partial charge in [-0.15, -0.1) is 0 Å². The van der Waals surface area contributed by atoms with Crippen molar-refractivity contribution in [1.82, 2.24) is 4.90 Å². The Balaban J connectivity index is 3.75. The molecule has 0 radical (unpaired) electrons. The number of benzene rings is 1. The largest absolute Gasteiger partial charge is 0.497 e. The lowest BCUT2D eigenvalue weighted by atomic mass is 10.0. The average molecular weight is 350 g/mol. The van der Waals surface area contributed by atoms with Gasteiger partial charge in [0.25, 0.3) is 15.0 Å². The third-order valence-corrected chi connectivity index (χ3v) is 4.84. The Hall–Kier alpha value is -1.27. The quantitative estimate of drug-likeness (QED) is 0.740. The topological polar surface area (TPSA) is 63.7 Å². The van der Waals surface area contributed by atoms with E-state index >= 15 is 0 Å². The SMILES string of the molecule is CCN(CC)[14C](=O)c1c(C(C)C)cc(OC)cc1S(=O)(=O)Cl. The molecule has 124 valence electrons. The van der Waals surface area contributed by atoms with E-state index in [0.29, 0.717) is 24.4 Å². The monoisotopic (exact) mass is 349 g/mol. The normalized spacial score (nSPS) is 11.6. The standard InChI is InChI=1S/C15H22ClNO4S/c1-6-17(7-2)15(18)14-12(10(3)4)8-11(21-5)9-13(14)22(16,19)20/h8-10H,6-7H2,1-5H3/i15+2. The first-order valence-electron chi connectivity index (χ1n) is 7.13. The van der Waals surface area contributed by atoms with Crippen molar-refractivity contribution < 1.29 is 17.9 Å². The summed E-state index contributed by atoms with van der Waals surface area (Å²) < 4.78 is 29.0. The summed E-state index contributed by atoms with van der Waals surface area (Å²) in [5.41, 5.74) is 0.741.